The Labute approximate surface area is 166 Å². The van der Waals surface area contributed by atoms with Crippen molar-refractivity contribution in [2.45, 2.75) is 33.1 Å². The third-order valence-corrected chi connectivity index (χ3v) is 4.32. The van der Waals surface area contributed by atoms with Crippen LogP contribution in [-0.4, -0.2) is 32.4 Å². The summed E-state index contributed by atoms with van der Waals surface area (Å²) >= 11 is 0. The smallest absolute Gasteiger partial charge is 0.277 e. The topological polar surface area (TPSA) is 69.2 Å². The van der Waals surface area contributed by atoms with Gasteiger partial charge in [-0.15, -0.1) is 0 Å². The zero-order valence-electron chi connectivity index (χ0n) is 16.9. The van der Waals surface area contributed by atoms with E-state index in [-0.39, 0.29) is 12.5 Å². The van der Waals surface area contributed by atoms with E-state index in [1.807, 2.05) is 37.3 Å². The highest BCUT2D eigenvalue weighted by Gasteiger charge is 2.06. The molecule has 0 fully saturated rings. The predicted octanol–water partition coefficient (Wildman–Crippen LogP) is 4.14. The molecule has 0 unspecified atom stereocenters. The van der Waals surface area contributed by atoms with Crippen LogP contribution in [0.3, 0.4) is 0 Å². The van der Waals surface area contributed by atoms with E-state index in [2.05, 4.69) is 24.4 Å². The van der Waals surface area contributed by atoms with Crippen molar-refractivity contribution in [3.63, 3.8) is 0 Å². The minimum absolute atomic E-state index is 0.104. The van der Waals surface area contributed by atoms with Crippen molar-refractivity contribution in [2.75, 3.05) is 20.3 Å². The molecule has 1 amide bonds. The van der Waals surface area contributed by atoms with Crippen LogP contribution in [0.15, 0.2) is 47.6 Å². The van der Waals surface area contributed by atoms with Crippen LogP contribution in [0.1, 0.15) is 44.2 Å². The second-order valence-corrected chi connectivity index (χ2v) is 6.30. The predicted molar refractivity (Wildman–Crippen MR) is 111 cm³/mol. The molecule has 0 aromatic heterocycles. The third-order valence-electron chi connectivity index (χ3n) is 4.32. The average molecular weight is 384 g/mol. The maximum atomic E-state index is 11.9. The van der Waals surface area contributed by atoms with Gasteiger partial charge in [0.05, 0.1) is 19.9 Å². The van der Waals surface area contributed by atoms with Crippen LogP contribution in [0.2, 0.25) is 0 Å². The van der Waals surface area contributed by atoms with Gasteiger partial charge in [-0.1, -0.05) is 26.0 Å². The first-order valence-corrected chi connectivity index (χ1v) is 9.42. The van der Waals surface area contributed by atoms with Crippen molar-refractivity contribution in [3.8, 4) is 17.2 Å². The van der Waals surface area contributed by atoms with Crippen molar-refractivity contribution in [1.82, 2.24) is 5.43 Å². The normalized spacial score (nSPS) is 11.9. The maximum absolute atomic E-state index is 11.9. The molecule has 0 heterocycles. The fraction of sp³-hybridized carbons (Fsp3) is 0.364. The lowest BCUT2D eigenvalue weighted by Crippen LogP contribution is -2.24. The monoisotopic (exact) mass is 384 g/mol. The van der Waals surface area contributed by atoms with Crippen LogP contribution in [0.5, 0.6) is 17.2 Å². The van der Waals surface area contributed by atoms with Gasteiger partial charge < -0.3 is 14.2 Å². The van der Waals surface area contributed by atoms with E-state index in [0.29, 0.717) is 29.8 Å². The molecular formula is C22H28N2O4. The van der Waals surface area contributed by atoms with E-state index in [4.69, 9.17) is 14.2 Å². The molecule has 2 aromatic carbocycles. The number of hydrogen-bond acceptors (Lipinski definition) is 5. The molecular weight excluding hydrogens is 356 g/mol. The standard InChI is InChI=1S/C22H28N2O4/c1-5-16(3)18-8-10-19(11-9-18)28-15-22(25)24-23-14-17-7-12-20(26-4)21(13-17)27-6-2/h7-14,16H,5-6,15H2,1-4H3,(H,24,25)/b23-14-/t16-/m0/s1. The van der Waals surface area contributed by atoms with Gasteiger partial charge in [0.1, 0.15) is 5.75 Å². The lowest BCUT2D eigenvalue weighted by Gasteiger charge is -2.10. The Hall–Kier alpha value is -3.02. The van der Waals surface area contributed by atoms with E-state index in [1.54, 1.807) is 25.5 Å². The fourth-order valence-corrected chi connectivity index (χ4v) is 2.53. The first kappa shape index (κ1) is 21.3. The summed E-state index contributed by atoms with van der Waals surface area (Å²) in [5.41, 5.74) is 4.50. The Balaban J connectivity index is 1.84. The number of rotatable bonds is 10. The SMILES string of the molecule is CCOc1cc(/C=N\NC(=O)COc2ccc([C@@H](C)CC)cc2)ccc1OC. The zero-order valence-corrected chi connectivity index (χ0v) is 16.9. The summed E-state index contributed by atoms with van der Waals surface area (Å²) in [6, 6.07) is 13.2. The fourth-order valence-electron chi connectivity index (χ4n) is 2.53. The van der Waals surface area contributed by atoms with Crippen molar-refractivity contribution < 1.29 is 19.0 Å². The van der Waals surface area contributed by atoms with E-state index in [0.717, 1.165) is 12.0 Å². The molecule has 0 spiro atoms. The first-order valence-electron chi connectivity index (χ1n) is 9.42. The molecule has 1 atom stereocenters. The van der Waals surface area contributed by atoms with E-state index in [9.17, 15) is 4.79 Å². The molecule has 0 aliphatic rings. The zero-order chi connectivity index (χ0) is 20.4. The summed E-state index contributed by atoms with van der Waals surface area (Å²) in [4.78, 5) is 11.9. The molecule has 150 valence electrons. The number of benzene rings is 2. The van der Waals surface area contributed by atoms with E-state index < -0.39 is 0 Å². The number of methoxy groups -OCH3 is 1. The molecule has 2 aromatic rings. The first-order chi connectivity index (χ1) is 13.6. The Morgan fingerprint density at radius 1 is 1.11 bits per heavy atom. The maximum Gasteiger partial charge on any atom is 0.277 e. The van der Waals surface area contributed by atoms with Crippen LogP contribution >= 0.6 is 0 Å². The quantitative estimate of drug-likeness (QED) is 0.494. The van der Waals surface area contributed by atoms with Gasteiger partial charge in [-0.25, -0.2) is 5.43 Å². The number of nitrogens with one attached hydrogen (secondary N) is 1. The average Bonchev–Trinajstić information content (AvgIpc) is 2.72. The van der Waals surface area contributed by atoms with Gasteiger partial charge in [-0.3, -0.25) is 4.79 Å². The van der Waals surface area contributed by atoms with Gasteiger partial charge in [-0.05, 0) is 60.7 Å². The summed E-state index contributed by atoms with van der Waals surface area (Å²) in [6.07, 6.45) is 2.63. The molecule has 2 rings (SSSR count). The molecule has 0 saturated carbocycles. The highest BCUT2D eigenvalue weighted by Crippen LogP contribution is 2.27. The number of hydrazone groups is 1. The largest absolute Gasteiger partial charge is 0.493 e. The number of hydrogen-bond donors (Lipinski definition) is 1. The highest BCUT2D eigenvalue weighted by molar-refractivity contribution is 5.83. The minimum Gasteiger partial charge on any atom is -0.493 e. The van der Waals surface area contributed by atoms with Crippen LogP contribution in [0.25, 0.3) is 0 Å². The molecule has 0 aliphatic heterocycles. The van der Waals surface area contributed by atoms with Crippen molar-refractivity contribution in [2.24, 2.45) is 5.10 Å². The van der Waals surface area contributed by atoms with Gasteiger partial charge in [0.25, 0.3) is 5.91 Å². The van der Waals surface area contributed by atoms with Crippen LogP contribution < -0.4 is 19.6 Å². The van der Waals surface area contributed by atoms with Crippen LogP contribution in [0.4, 0.5) is 0 Å². The Morgan fingerprint density at radius 2 is 1.86 bits per heavy atom. The molecule has 28 heavy (non-hydrogen) atoms. The van der Waals surface area contributed by atoms with Gasteiger partial charge in [0, 0.05) is 0 Å². The molecule has 0 saturated heterocycles. The van der Waals surface area contributed by atoms with Crippen molar-refractivity contribution in [1.29, 1.82) is 0 Å². The number of ether oxygens (including phenoxy) is 3. The second-order valence-electron chi connectivity index (χ2n) is 6.30. The van der Waals surface area contributed by atoms with Crippen LogP contribution in [0, 0.1) is 0 Å². The molecule has 0 aliphatic carbocycles. The number of nitrogens with zero attached hydrogens (tertiary/aromatic N) is 1. The summed E-state index contributed by atoms with van der Waals surface area (Å²) < 4.78 is 16.3. The molecule has 0 radical (unpaired) electrons. The van der Waals surface area contributed by atoms with Gasteiger partial charge >= 0.3 is 0 Å². The summed E-state index contributed by atoms with van der Waals surface area (Å²) in [7, 11) is 1.59. The van der Waals surface area contributed by atoms with Gasteiger partial charge in [0.15, 0.2) is 18.1 Å². The summed E-state index contributed by atoms with van der Waals surface area (Å²) in [5, 5.41) is 3.96. The van der Waals surface area contributed by atoms with Crippen molar-refractivity contribution in [3.05, 3.63) is 53.6 Å². The molecule has 0 bridgehead atoms. The number of carbonyl (C=O) groups excluding carboxylic acids is 1. The lowest BCUT2D eigenvalue weighted by atomic mass is 9.99. The number of carbonyl (C=O) groups is 1. The lowest BCUT2D eigenvalue weighted by molar-refractivity contribution is -0.123. The summed E-state index contributed by atoms with van der Waals surface area (Å²) in [6.45, 7) is 6.67. The third kappa shape index (κ3) is 6.30. The van der Waals surface area contributed by atoms with E-state index >= 15 is 0 Å². The molecule has 6 heteroatoms. The van der Waals surface area contributed by atoms with E-state index in [1.165, 1.54) is 5.56 Å². The second kappa shape index (κ2) is 11.0. The van der Waals surface area contributed by atoms with Gasteiger partial charge in [-0.2, -0.15) is 5.10 Å². The Bertz CT molecular complexity index is 788. The Morgan fingerprint density at radius 3 is 2.50 bits per heavy atom. The minimum atomic E-state index is -0.333. The van der Waals surface area contributed by atoms with Crippen LogP contribution in [-0.2, 0) is 4.79 Å². The molecule has 1 N–H and O–H groups in total. The van der Waals surface area contributed by atoms with Gasteiger partial charge in [0.2, 0.25) is 0 Å². The number of amides is 1. The van der Waals surface area contributed by atoms with Crippen molar-refractivity contribution >= 4 is 12.1 Å². The highest BCUT2D eigenvalue weighted by atomic mass is 16.5. The molecule has 6 nitrogen and oxygen atoms in total. The Kier molecular flexibility index (Phi) is 8.34. The summed E-state index contributed by atoms with van der Waals surface area (Å²) in [5.74, 6) is 2.11.